The van der Waals surface area contributed by atoms with Gasteiger partial charge in [-0.3, -0.25) is 4.99 Å². The van der Waals surface area contributed by atoms with E-state index in [1.807, 2.05) is 0 Å². The molecule has 0 bridgehead atoms. The van der Waals surface area contributed by atoms with Gasteiger partial charge in [-0.1, -0.05) is 24.3 Å². The van der Waals surface area contributed by atoms with E-state index in [0.29, 0.717) is 18.8 Å². The molecule has 1 aromatic rings. The largest absolute Gasteiger partial charge is 0.416 e. The number of benzene rings is 1. The number of aliphatic imine (C=N–C) groups is 1. The predicted octanol–water partition coefficient (Wildman–Crippen LogP) is 4.96. The number of hydrogen-bond donors (Lipinski definition) is 2. The summed E-state index contributed by atoms with van der Waals surface area (Å²) < 4.78 is 76.7. The molecular weight excluding hydrogens is 511 g/mol. The van der Waals surface area contributed by atoms with Gasteiger partial charge in [-0.25, -0.2) is 0 Å². The molecule has 29 heavy (non-hydrogen) atoms. The highest BCUT2D eigenvalue weighted by atomic mass is 127. The standard InChI is InChI=1S/C19H21F6N3.HI/c1-26-17(28-16-9-3-8-15(12-16)19(23,24)25)27-10-4-6-13-5-2-7-14(11-13)18(20,21)22;/h2,5,7,11,15-16H,3,8-10,12H2,1H3,(H2,26,27,28);1H. The van der Waals surface area contributed by atoms with Crippen molar-refractivity contribution in [1.82, 2.24) is 10.6 Å². The third-order valence-corrected chi connectivity index (χ3v) is 4.47. The molecule has 10 heteroatoms. The fourth-order valence-electron chi connectivity index (χ4n) is 3.05. The van der Waals surface area contributed by atoms with Crippen LogP contribution in [0, 0.1) is 17.8 Å². The highest BCUT2D eigenvalue weighted by Crippen LogP contribution is 2.37. The van der Waals surface area contributed by atoms with Crippen LogP contribution in [-0.2, 0) is 6.18 Å². The average molecular weight is 533 g/mol. The van der Waals surface area contributed by atoms with Gasteiger partial charge in [-0.2, -0.15) is 26.3 Å². The number of alkyl halides is 6. The molecule has 1 aliphatic carbocycles. The summed E-state index contributed by atoms with van der Waals surface area (Å²) in [6, 6.07) is 4.32. The van der Waals surface area contributed by atoms with Crippen molar-refractivity contribution in [2.24, 2.45) is 10.9 Å². The number of rotatable bonds is 2. The molecule has 2 N–H and O–H groups in total. The van der Waals surface area contributed by atoms with Crippen LogP contribution in [0.3, 0.4) is 0 Å². The maximum Gasteiger partial charge on any atom is 0.416 e. The Hall–Kier alpha value is -1.64. The maximum absolute atomic E-state index is 12.9. The molecule has 0 heterocycles. The van der Waals surface area contributed by atoms with Crippen molar-refractivity contribution in [3.63, 3.8) is 0 Å². The van der Waals surface area contributed by atoms with E-state index in [4.69, 9.17) is 0 Å². The van der Waals surface area contributed by atoms with Crippen LogP contribution in [0.1, 0.15) is 36.8 Å². The lowest BCUT2D eigenvalue weighted by atomic mass is 9.85. The fourth-order valence-corrected chi connectivity index (χ4v) is 3.05. The Balaban J connectivity index is 0.00000420. The second-order valence-electron chi connectivity index (χ2n) is 6.55. The van der Waals surface area contributed by atoms with Crippen LogP contribution in [0.15, 0.2) is 29.3 Å². The molecule has 0 aliphatic heterocycles. The maximum atomic E-state index is 12.9. The number of guanidine groups is 1. The van der Waals surface area contributed by atoms with E-state index in [1.54, 1.807) is 0 Å². The molecule has 2 rings (SSSR count). The molecule has 1 saturated carbocycles. The van der Waals surface area contributed by atoms with Crippen molar-refractivity contribution in [3.05, 3.63) is 35.4 Å². The predicted molar refractivity (Wildman–Crippen MR) is 110 cm³/mol. The number of hydrogen-bond acceptors (Lipinski definition) is 1. The van der Waals surface area contributed by atoms with Crippen LogP contribution in [0.5, 0.6) is 0 Å². The quantitative estimate of drug-likeness (QED) is 0.186. The molecule has 1 fully saturated rings. The zero-order chi connectivity index (χ0) is 20.8. The molecule has 0 spiro atoms. The Bertz CT molecular complexity index is 749. The van der Waals surface area contributed by atoms with Crippen molar-refractivity contribution in [3.8, 4) is 11.8 Å². The van der Waals surface area contributed by atoms with Crippen molar-refractivity contribution in [2.45, 2.75) is 44.1 Å². The van der Waals surface area contributed by atoms with Gasteiger partial charge >= 0.3 is 12.4 Å². The minimum atomic E-state index is -4.43. The van der Waals surface area contributed by atoms with Gasteiger partial charge in [0.25, 0.3) is 0 Å². The van der Waals surface area contributed by atoms with Crippen molar-refractivity contribution in [1.29, 1.82) is 0 Å². The first-order chi connectivity index (χ1) is 13.1. The van der Waals surface area contributed by atoms with Gasteiger partial charge in [-0.15, -0.1) is 24.0 Å². The van der Waals surface area contributed by atoms with Gasteiger partial charge in [0.1, 0.15) is 0 Å². The Morgan fingerprint density at radius 1 is 1.17 bits per heavy atom. The molecule has 162 valence electrons. The Morgan fingerprint density at radius 3 is 2.52 bits per heavy atom. The van der Waals surface area contributed by atoms with Crippen molar-refractivity contribution >= 4 is 29.9 Å². The van der Waals surface area contributed by atoms with E-state index in [9.17, 15) is 26.3 Å². The second-order valence-corrected chi connectivity index (χ2v) is 6.55. The third kappa shape index (κ3) is 8.32. The van der Waals surface area contributed by atoms with E-state index in [1.165, 1.54) is 19.2 Å². The molecule has 1 aromatic carbocycles. The van der Waals surface area contributed by atoms with Crippen LogP contribution in [0.2, 0.25) is 0 Å². The van der Waals surface area contributed by atoms with E-state index in [-0.39, 0.29) is 55.0 Å². The lowest BCUT2D eigenvalue weighted by Crippen LogP contribution is -2.46. The summed E-state index contributed by atoms with van der Waals surface area (Å²) in [7, 11) is 1.49. The zero-order valence-electron chi connectivity index (χ0n) is 15.6. The molecule has 2 unspecified atom stereocenters. The normalized spacial score (nSPS) is 20.2. The highest BCUT2D eigenvalue weighted by Gasteiger charge is 2.42. The lowest BCUT2D eigenvalue weighted by Gasteiger charge is -2.31. The van der Waals surface area contributed by atoms with Crippen LogP contribution >= 0.6 is 24.0 Å². The van der Waals surface area contributed by atoms with Gasteiger partial charge < -0.3 is 10.6 Å². The summed E-state index contributed by atoms with van der Waals surface area (Å²) in [5.41, 5.74) is -0.555. The van der Waals surface area contributed by atoms with Crippen LogP contribution in [0.25, 0.3) is 0 Å². The molecule has 0 amide bonds. The van der Waals surface area contributed by atoms with Crippen molar-refractivity contribution in [2.75, 3.05) is 13.6 Å². The van der Waals surface area contributed by atoms with Crippen LogP contribution in [0.4, 0.5) is 26.3 Å². The molecule has 2 atom stereocenters. The molecule has 0 aromatic heterocycles. The van der Waals surface area contributed by atoms with Gasteiger partial charge in [0.05, 0.1) is 18.0 Å². The smallest absolute Gasteiger partial charge is 0.354 e. The van der Waals surface area contributed by atoms with Gasteiger partial charge in [-0.05, 0) is 37.5 Å². The first-order valence-corrected chi connectivity index (χ1v) is 8.79. The van der Waals surface area contributed by atoms with Gasteiger partial charge in [0.15, 0.2) is 5.96 Å². The second kappa shape index (κ2) is 10.9. The van der Waals surface area contributed by atoms with E-state index < -0.39 is 23.8 Å². The average Bonchev–Trinajstić information content (AvgIpc) is 2.63. The monoisotopic (exact) mass is 533 g/mol. The zero-order valence-corrected chi connectivity index (χ0v) is 18.0. The number of halogens is 7. The minimum Gasteiger partial charge on any atom is -0.354 e. The summed E-state index contributed by atoms with van der Waals surface area (Å²) in [6.07, 6.45) is -7.42. The highest BCUT2D eigenvalue weighted by molar-refractivity contribution is 14.0. The summed E-state index contributed by atoms with van der Waals surface area (Å²) >= 11 is 0. The number of nitrogens with one attached hydrogen (secondary N) is 2. The topological polar surface area (TPSA) is 36.4 Å². The molecule has 0 radical (unpaired) electrons. The van der Waals surface area contributed by atoms with Gasteiger partial charge in [0, 0.05) is 18.7 Å². The van der Waals surface area contributed by atoms with E-state index in [2.05, 4.69) is 27.5 Å². The van der Waals surface area contributed by atoms with E-state index >= 15 is 0 Å². The van der Waals surface area contributed by atoms with Gasteiger partial charge in [0.2, 0.25) is 0 Å². The first-order valence-electron chi connectivity index (χ1n) is 8.79. The summed E-state index contributed by atoms with van der Waals surface area (Å²) in [5, 5.41) is 5.80. The fraction of sp³-hybridized carbons (Fsp3) is 0.526. The van der Waals surface area contributed by atoms with Crippen molar-refractivity contribution < 1.29 is 26.3 Å². The summed E-state index contributed by atoms with van der Waals surface area (Å²) in [5.74, 6) is 4.30. The summed E-state index contributed by atoms with van der Waals surface area (Å²) in [4.78, 5) is 3.96. The van der Waals surface area contributed by atoms with E-state index in [0.717, 1.165) is 12.1 Å². The Morgan fingerprint density at radius 2 is 1.90 bits per heavy atom. The SMILES string of the molecule is CN=C(NCC#Cc1cccc(C(F)(F)F)c1)NC1CCCC(C(F)(F)F)C1.I. The Kier molecular flexibility index (Phi) is 9.58. The molecule has 1 aliphatic rings. The Labute approximate surface area is 182 Å². The summed E-state index contributed by atoms with van der Waals surface area (Å²) in [6.45, 7) is 0.0886. The number of nitrogens with zero attached hydrogens (tertiary/aromatic N) is 1. The third-order valence-electron chi connectivity index (χ3n) is 4.47. The van der Waals surface area contributed by atoms with Crippen LogP contribution < -0.4 is 10.6 Å². The minimum absolute atomic E-state index is 0. The molecule has 0 saturated heterocycles. The van der Waals surface area contributed by atoms with Crippen LogP contribution in [-0.4, -0.2) is 31.8 Å². The molecule has 3 nitrogen and oxygen atoms in total. The molecular formula is C19H22F6IN3. The first kappa shape index (κ1) is 25.4. The lowest BCUT2D eigenvalue weighted by molar-refractivity contribution is -0.183.